The number of halogens is 1. The molecule has 0 saturated heterocycles. The van der Waals surface area contributed by atoms with Crippen LogP contribution in [0.25, 0.3) is 0 Å². The SMILES string of the molecule is COCCOCC(=O)N[C@@H]1C[C@H]1c1ccccc1F. The summed E-state index contributed by atoms with van der Waals surface area (Å²) in [6.07, 6.45) is 0.782. The summed E-state index contributed by atoms with van der Waals surface area (Å²) in [7, 11) is 1.58. The number of hydrogen-bond donors (Lipinski definition) is 1. The Hall–Kier alpha value is -1.46. The molecule has 0 bridgehead atoms. The molecule has 2 rings (SSSR count). The van der Waals surface area contributed by atoms with E-state index in [2.05, 4.69) is 5.32 Å². The van der Waals surface area contributed by atoms with Crippen LogP contribution in [-0.2, 0) is 14.3 Å². The highest BCUT2D eigenvalue weighted by atomic mass is 19.1. The van der Waals surface area contributed by atoms with Crippen molar-refractivity contribution in [2.45, 2.75) is 18.4 Å². The van der Waals surface area contributed by atoms with Crippen LogP contribution < -0.4 is 5.32 Å². The van der Waals surface area contributed by atoms with E-state index in [4.69, 9.17) is 9.47 Å². The number of carbonyl (C=O) groups excluding carboxylic acids is 1. The van der Waals surface area contributed by atoms with Crippen molar-refractivity contribution in [3.05, 3.63) is 35.6 Å². The first-order chi connectivity index (χ1) is 9.22. The van der Waals surface area contributed by atoms with Gasteiger partial charge in [-0.3, -0.25) is 4.79 Å². The maximum Gasteiger partial charge on any atom is 0.246 e. The van der Waals surface area contributed by atoms with Crippen molar-refractivity contribution in [3.8, 4) is 0 Å². The zero-order chi connectivity index (χ0) is 13.7. The average molecular weight is 267 g/mol. The van der Waals surface area contributed by atoms with Gasteiger partial charge in [0.15, 0.2) is 0 Å². The van der Waals surface area contributed by atoms with E-state index in [1.807, 2.05) is 6.07 Å². The number of ether oxygens (including phenoxy) is 2. The molecule has 104 valence electrons. The highest BCUT2D eigenvalue weighted by Crippen LogP contribution is 2.41. The predicted molar refractivity (Wildman–Crippen MR) is 68.4 cm³/mol. The molecule has 0 aliphatic heterocycles. The van der Waals surface area contributed by atoms with Crippen LogP contribution in [0.4, 0.5) is 4.39 Å². The quantitative estimate of drug-likeness (QED) is 0.761. The lowest BCUT2D eigenvalue weighted by Crippen LogP contribution is -2.30. The molecule has 19 heavy (non-hydrogen) atoms. The maximum absolute atomic E-state index is 13.5. The van der Waals surface area contributed by atoms with E-state index < -0.39 is 0 Å². The lowest BCUT2D eigenvalue weighted by Gasteiger charge is -2.06. The fourth-order valence-corrected chi connectivity index (χ4v) is 2.03. The molecule has 1 saturated carbocycles. The van der Waals surface area contributed by atoms with Gasteiger partial charge in [0.25, 0.3) is 0 Å². The molecule has 1 aromatic rings. The van der Waals surface area contributed by atoms with Crippen LogP contribution >= 0.6 is 0 Å². The number of benzene rings is 1. The second-order valence-electron chi connectivity index (χ2n) is 4.58. The minimum atomic E-state index is -0.208. The van der Waals surface area contributed by atoms with Crippen LogP contribution in [-0.4, -0.2) is 38.9 Å². The summed E-state index contributed by atoms with van der Waals surface area (Å²) in [5.74, 6) is -0.287. The third-order valence-corrected chi connectivity index (χ3v) is 3.11. The zero-order valence-corrected chi connectivity index (χ0v) is 10.9. The normalized spacial score (nSPS) is 21.2. The summed E-state index contributed by atoms with van der Waals surface area (Å²) in [4.78, 5) is 11.5. The van der Waals surface area contributed by atoms with Crippen LogP contribution in [0.2, 0.25) is 0 Å². The molecule has 0 aromatic heterocycles. The van der Waals surface area contributed by atoms with E-state index in [0.29, 0.717) is 18.8 Å². The van der Waals surface area contributed by atoms with Crippen molar-refractivity contribution < 1.29 is 18.7 Å². The summed E-state index contributed by atoms with van der Waals surface area (Å²) in [5, 5.41) is 2.84. The Morgan fingerprint density at radius 1 is 1.42 bits per heavy atom. The Balaban J connectivity index is 1.72. The molecule has 4 nitrogen and oxygen atoms in total. The van der Waals surface area contributed by atoms with Crippen LogP contribution in [0.15, 0.2) is 24.3 Å². The summed E-state index contributed by atoms with van der Waals surface area (Å²) >= 11 is 0. The van der Waals surface area contributed by atoms with Crippen molar-refractivity contribution in [2.75, 3.05) is 26.9 Å². The molecule has 5 heteroatoms. The third-order valence-electron chi connectivity index (χ3n) is 3.11. The fourth-order valence-electron chi connectivity index (χ4n) is 2.03. The van der Waals surface area contributed by atoms with Gasteiger partial charge in [-0.2, -0.15) is 0 Å². The molecule has 1 aliphatic carbocycles. The Kier molecular flexibility index (Phi) is 4.87. The van der Waals surface area contributed by atoms with Gasteiger partial charge >= 0.3 is 0 Å². The van der Waals surface area contributed by atoms with Gasteiger partial charge in [-0.05, 0) is 18.1 Å². The molecule has 1 fully saturated rings. The minimum Gasteiger partial charge on any atom is -0.382 e. The molecule has 1 amide bonds. The maximum atomic E-state index is 13.5. The van der Waals surface area contributed by atoms with Crippen LogP contribution in [0.5, 0.6) is 0 Å². The van der Waals surface area contributed by atoms with Gasteiger partial charge in [0.2, 0.25) is 5.91 Å². The standard InChI is InChI=1S/C14H18FNO3/c1-18-6-7-19-9-14(17)16-13-8-11(13)10-4-2-3-5-12(10)15/h2-5,11,13H,6-9H2,1H3,(H,16,17)/t11-,13+/m0/s1. The van der Waals surface area contributed by atoms with Crippen molar-refractivity contribution in [1.29, 1.82) is 0 Å². The zero-order valence-electron chi connectivity index (χ0n) is 10.9. The number of rotatable bonds is 7. The topological polar surface area (TPSA) is 47.6 Å². The summed E-state index contributed by atoms with van der Waals surface area (Å²) in [5.41, 5.74) is 0.674. The Bertz CT molecular complexity index is 438. The molecule has 0 unspecified atom stereocenters. The first-order valence-corrected chi connectivity index (χ1v) is 6.33. The van der Waals surface area contributed by atoms with Crippen molar-refractivity contribution in [2.24, 2.45) is 0 Å². The van der Waals surface area contributed by atoms with Gasteiger partial charge in [-0.25, -0.2) is 4.39 Å². The molecule has 0 spiro atoms. The monoisotopic (exact) mass is 267 g/mol. The lowest BCUT2D eigenvalue weighted by atomic mass is 10.1. The van der Waals surface area contributed by atoms with E-state index in [9.17, 15) is 9.18 Å². The highest BCUT2D eigenvalue weighted by Gasteiger charge is 2.40. The Morgan fingerprint density at radius 3 is 2.95 bits per heavy atom. The first kappa shape index (κ1) is 14.0. The molecular formula is C14H18FNO3. The van der Waals surface area contributed by atoms with Crippen LogP contribution in [0.1, 0.15) is 17.9 Å². The Labute approximate surface area is 111 Å². The van der Waals surface area contributed by atoms with Gasteiger partial charge in [-0.1, -0.05) is 18.2 Å². The predicted octanol–water partition coefficient (Wildman–Crippen LogP) is 1.46. The number of methoxy groups -OCH3 is 1. The minimum absolute atomic E-state index is 0.0177. The summed E-state index contributed by atoms with van der Waals surface area (Å²) < 4.78 is 23.5. The Morgan fingerprint density at radius 2 is 2.21 bits per heavy atom. The van der Waals surface area contributed by atoms with Gasteiger partial charge in [0.05, 0.1) is 13.2 Å². The second kappa shape index (κ2) is 6.63. The highest BCUT2D eigenvalue weighted by molar-refractivity contribution is 5.78. The van der Waals surface area contributed by atoms with Crippen LogP contribution in [0, 0.1) is 5.82 Å². The van der Waals surface area contributed by atoms with E-state index in [1.165, 1.54) is 6.07 Å². The molecule has 0 heterocycles. The molecule has 2 atom stereocenters. The van der Waals surface area contributed by atoms with Gasteiger partial charge in [0, 0.05) is 19.1 Å². The summed E-state index contributed by atoms with van der Waals surface area (Å²) in [6.45, 7) is 0.879. The van der Waals surface area contributed by atoms with Gasteiger partial charge in [0.1, 0.15) is 12.4 Å². The number of amides is 1. The fraction of sp³-hybridized carbons (Fsp3) is 0.500. The van der Waals surface area contributed by atoms with Crippen molar-refractivity contribution >= 4 is 5.91 Å². The van der Waals surface area contributed by atoms with Crippen molar-refractivity contribution in [1.82, 2.24) is 5.32 Å². The first-order valence-electron chi connectivity index (χ1n) is 6.33. The molecule has 1 aromatic carbocycles. The number of hydrogen-bond acceptors (Lipinski definition) is 3. The smallest absolute Gasteiger partial charge is 0.246 e. The van der Waals surface area contributed by atoms with E-state index in [1.54, 1.807) is 19.2 Å². The summed E-state index contributed by atoms with van der Waals surface area (Å²) in [6, 6.07) is 6.71. The second-order valence-corrected chi connectivity index (χ2v) is 4.58. The molecule has 1 aliphatic rings. The average Bonchev–Trinajstić information content (AvgIpc) is 3.14. The lowest BCUT2D eigenvalue weighted by molar-refractivity contribution is -0.126. The van der Waals surface area contributed by atoms with Gasteiger partial charge < -0.3 is 14.8 Å². The molecule has 0 radical (unpaired) electrons. The van der Waals surface area contributed by atoms with Crippen molar-refractivity contribution in [3.63, 3.8) is 0 Å². The van der Waals surface area contributed by atoms with Gasteiger partial charge in [-0.15, -0.1) is 0 Å². The molecular weight excluding hydrogens is 249 g/mol. The van der Waals surface area contributed by atoms with Crippen LogP contribution in [0.3, 0.4) is 0 Å². The number of nitrogens with one attached hydrogen (secondary N) is 1. The van der Waals surface area contributed by atoms with E-state index in [0.717, 1.165) is 6.42 Å². The van der Waals surface area contributed by atoms with E-state index >= 15 is 0 Å². The number of carbonyl (C=O) groups is 1. The van der Waals surface area contributed by atoms with E-state index in [-0.39, 0.29) is 30.3 Å². The molecule has 1 N–H and O–H groups in total. The third kappa shape index (κ3) is 4.01. The largest absolute Gasteiger partial charge is 0.382 e.